The van der Waals surface area contributed by atoms with Gasteiger partial charge in [-0.25, -0.2) is 4.98 Å². The van der Waals surface area contributed by atoms with Crippen molar-refractivity contribution in [3.05, 3.63) is 18.7 Å². The molecule has 1 aromatic rings. The van der Waals surface area contributed by atoms with Crippen molar-refractivity contribution < 1.29 is 28.4 Å². The molecule has 0 N–H and O–H groups in total. The fraction of sp³-hybridized carbons (Fsp3) is 0.812. The Bertz CT molecular complexity index is 350. The molecule has 1 heterocycles. The molecule has 0 bridgehead atoms. The van der Waals surface area contributed by atoms with Crippen LogP contribution in [0.2, 0.25) is 0 Å². The third-order valence-corrected chi connectivity index (χ3v) is 2.97. The number of ether oxygens (including phenoxy) is 6. The van der Waals surface area contributed by atoms with Gasteiger partial charge < -0.3 is 33.0 Å². The van der Waals surface area contributed by atoms with Crippen molar-refractivity contribution in [2.45, 2.75) is 6.54 Å². The second-order valence-corrected chi connectivity index (χ2v) is 4.86. The molecule has 24 heavy (non-hydrogen) atoms. The SMILES string of the molecule is COCCOCCOCCOCCOCCOCCn1ccnc1. The molecule has 140 valence electrons. The molecule has 1 rings (SSSR count). The second kappa shape index (κ2) is 16.8. The van der Waals surface area contributed by atoms with Crippen LogP contribution in [0.25, 0.3) is 0 Å². The number of rotatable bonds is 18. The van der Waals surface area contributed by atoms with Crippen molar-refractivity contribution in [2.75, 3.05) is 79.8 Å². The second-order valence-electron chi connectivity index (χ2n) is 4.86. The first-order chi connectivity index (χ1) is 11.9. The van der Waals surface area contributed by atoms with Gasteiger partial charge in [-0.1, -0.05) is 0 Å². The Labute approximate surface area is 143 Å². The molecule has 0 aliphatic heterocycles. The van der Waals surface area contributed by atoms with E-state index in [1.807, 2.05) is 10.8 Å². The third kappa shape index (κ3) is 13.4. The lowest BCUT2D eigenvalue weighted by Gasteiger charge is -2.08. The highest BCUT2D eigenvalue weighted by Gasteiger charge is 1.94. The van der Waals surface area contributed by atoms with E-state index in [1.165, 1.54) is 0 Å². The van der Waals surface area contributed by atoms with Crippen LogP contribution in [0.3, 0.4) is 0 Å². The zero-order valence-corrected chi connectivity index (χ0v) is 14.6. The number of nitrogens with zero attached hydrogens (tertiary/aromatic N) is 2. The lowest BCUT2D eigenvalue weighted by atomic mass is 10.6. The van der Waals surface area contributed by atoms with E-state index in [1.54, 1.807) is 19.6 Å². The van der Waals surface area contributed by atoms with Crippen LogP contribution in [0.5, 0.6) is 0 Å². The van der Waals surface area contributed by atoms with E-state index in [0.29, 0.717) is 72.7 Å². The molecule has 0 radical (unpaired) electrons. The van der Waals surface area contributed by atoms with Gasteiger partial charge in [-0.2, -0.15) is 0 Å². The zero-order chi connectivity index (χ0) is 17.1. The molecule has 0 aliphatic rings. The Morgan fingerprint density at radius 2 is 1.12 bits per heavy atom. The molecule has 0 fully saturated rings. The quantitative estimate of drug-likeness (QED) is 0.361. The standard InChI is InChI=1S/C16H30N2O6/c1-19-6-7-21-10-11-23-14-15-24-13-12-22-9-8-20-5-4-18-3-2-17-16-18/h2-3,16H,4-15H2,1H3. The van der Waals surface area contributed by atoms with Crippen LogP contribution in [0.4, 0.5) is 0 Å². The Morgan fingerprint density at radius 1 is 0.667 bits per heavy atom. The monoisotopic (exact) mass is 346 g/mol. The predicted molar refractivity (Wildman–Crippen MR) is 88.2 cm³/mol. The van der Waals surface area contributed by atoms with E-state index in [0.717, 1.165) is 6.54 Å². The van der Waals surface area contributed by atoms with Crippen molar-refractivity contribution >= 4 is 0 Å². The van der Waals surface area contributed by atoms with Crippen molar-refractivity contribution in [1.29, 1.82) is 0 Å². The summed E-state index contributed by atoms with van der Waals surface area (Å²) in [6, 6.07) is 0. The molecule has 0 amide bonds. The normalized spacial score (nSPS) is 11.2. The summed E-state index contributed by atoms with van der Waals surface area (Å²) in [5.74, 6) is 0. The highest BCUT2D eigenvalue weighted by Crippen LogP contribution is 1.87. The minimum absolute atomic E-state index is 0.558. The molecule has 0 saturated carbocycles. The summed E-state index contributed by atoms with van der Waals surface area (Å²) in [6.07, 6.45) is 5.44. The van der Waals surface area contributed by atoms with Crippen LogP contribution >= 0.6 is 0 Å². The van der Waals surface area contributed by atoms with E-state index < -0.39 is 0 Å². The minimum atomic E-state index is 0.558. The average Bonchev–Trinajstić information content (AvgIpc) is 3.11. The van der Waals surface area contributed by atoms with Crippen molar-refractivity contribution in [2.24, 2.45) is 0 Å². The van der Waals surface area contributed by atoms with Crippen LogP contribution in [-0.2, 0) is 35.0 Å². The predicted octanol–water partition coefficient (Wildman–Crippen LogP) is 0.613. The smallest absolute Gasteiger partial charge is 0.0946 e. The van der Waals surface area contributed by atoms with Gasteiger partial charge in [0.2, 0.25) is 0 Å². The van der Waals surface area contributed by atoms with Gasteiger partial charge in [-0.3, -0.25) is 0 Å². The topological polar surface area (TPSA) is 73.2 Å². The van der Waals surface area contributed by atoms with Crippen molar-refractivity contribution in [3.8, 4) is 0 Å². The molecular weight excluding hydrogens is 316 g/mol. The number of hydrogen-bond acceptors (Lipinski definition) is 7. The summed E-state index contributed by atoms with van der Waals surface area (Å²) in [5, 5.41) is 0. The number of imidazole rings is 1. The first-order valence-electron chi connectivity index (χ1n) is 8.27. The van der Waals surface area contributed by atoms with E-state index >= 15 is 0 Å². The van der Waals surface area contributed by atoms with E-state index in [2.05, 4.69) is 4.98 Å². The maximum absolute atomic E-state index is 5.46. The molecule has 0 unspecified atom stereocenters. The number of methoxy groups -OCH3 is 1. The van der Waals surface area contributed by atoms with Gasteiger partial charge in [-0.05, 0) is 0 Å². The van der Waals surface area contributed by atoms with Gasteiger partial charge in [0.15, 0.2) is 0 Å². The first kappa shape index (κ1) is 21.0. The van der Waals surface area contributed by atoms with Gasteiger partial charge in [0.25, 0.3) is 0 Å². The molecule has 0 aromatic carbocycles. The summed E-state index contributed by atoms with van der Waals surface area (Å²) >= 11 is 0. The van der Waals surface area contributed by atoms with Crippen LogP contribution in [0, 0.1) is 0 Å². The Morgan fingerprint density at radius 3 is 1.54 bits per heavy atom. The van der Waals surface area contributed by atoms with Crippen molar-refractivity contribution in [3.63, 3.8) is 0 Å². The molecule has 0 aliphatic carbocycles. The molecule has 0 spiro atoms. The fourth-order valence-corrected chi connectivity index (χ4v) is 1.71. The summed E-state index contributed by atoms with van der Waals surface area (Å²) in [7, 11) is 1.65. The average molecular weight is 346 g/mol. The van der Waals surface area contributed by atoms with Gasteiger partial charge in [0.05, 0.1) is 79.0 Å². The molecule has 1 aromatic heterocycles. The highest BCUT2D eigenvalue weighted by molar-refractivity contribution is 4.73. The highest BCUT2D eigenvalue weighted by atomic mass is 16.6. The zero-order valence-electron chi connectivity index (χ0n) is 14.6. The Kier molecular flexibility index (Phi) is 14.7. The maximum Gasteiger partial charge on any atom is 0.0946 e. The van der Waals surface area contributed by atoms with E-state index in [-0.39, 0.29) is 0 Å². The van der Waals surface area contributed by atoms with E-state index in [4.69, 9.17) is 28.4 Å². The minimum Gasteiger partial charge on any atom is -0.382 e. The van der Waals surface area contributed by atoms with Gasteiger partial charge in [0, 0.05) is 26.0 Å². The van der Waals surface area contributed by atoms with Gasteiger partial charge in [-0.15, -0.1) is 0 Å². The molecule has 8 nitrogen and oxygen atoms in total. The summed E-state index contributed by atoms with van der Waals surface area (Å²) in [5.41, 5.74) is 0. The molecular formula is C16H30N2O6. The fourth-order valence-electron chi connectivity index (χ4n) is 1.71. The molecule has 0 atom stereocenters. The summed E-state index contributed by atoms with van der Waals surface area (Å²) in [6.45, 7) is 7.21. The van der Waals surface area contributed by atoms with Crippen LogP contribution in [0.15, 0.2) is 18.7 Å². The van der Waals surface area contributed by atoms with Gasteiger partial charge >= 0.3 is 0 Å². The van der Waals surface area contributed by atoms with Crippen molar-refractivity contribution in [1.82, 2.24) is 9.55 Å². The lowest BCUT2D eigenvalue weighted by molar-refractivity contribution is -0.0149. The van der Waals surface area contributed by atoms with E-state index in [9.17, 15) is 0 Å². The number of hydrogen-bond donors (Lipinski definition) is 0. The Hall–Kier alpha value is -1.03. The lowest BCUT2D eigenvalue weighted by Crippen LogP contribution is -2.14. The Balaban J connectivity index is 1.66. The molecule has 8 heteroatoms. The molecule has 0 saturated heterocycles. The third-order valence-electron chi connectivity index (χ3n) is 2.97. The first-order valence-corrected chi connectivity index (χ1v) is 8.27. The van der Waals surface area contributed by atoms with Gasteiger partial charge in [0.1, 0.15) is 0 Å². The van der Waals surface area contributed by atoms with Crippen LogP contribution in [0.1, 0.15) is 0 Å². The van der Waals surface area contributed by atoms with Crippen LogP contribution < -0.4 is 0 Å². The van der Waals surface area contributed by atoms with Crippen LogP contribution in [-0.4, -0.2) is 89.3 Å². The number of aromatic nitrogens is 2. The summed E-state index contributed by atoms with van der Waals surface area (Å²) in [4.78, 5) is 3.97. The maximum atomic E-state index is 5.46. The largest absolute Gasteiger partial charge is 0.382 e. The summed E-state index contributed by atoms with van der Waals surface area (Å²) < 4.78 is 33.7.